The normalized spacial score (nSPS) is 24.1. The molecule has 1 atom stereocenters. The predicted molar refractivity (Wildman–Crippen MR) is 90.3 cm³/mol. The second kappa shape index (κ2) is 7.05. The highest BCUT2D eigenvalue weighted by Gasteiger charge is 2.26. The topological polar surface area (TPSA) is 62.7 Å². The van der Waals surface area contributed by atoms with Gasteiger partial charge >= 0.3 is 0 Å². The molecule has 0 saturated carbocycles. The molecule has 2 aliphatic heterocycles. The fourth-order valence-corrected chi connectivity index (χ4v) is 3.65. The van der Waals surface area contributed by atoms with Crippen molar-refractivity contribution in [2.75, 3.05) is 19.6 Å². The quantitative estimate of drug-likeness (QED) is 0.930. The van der Waals surface area contributed by atoms with Crippen LogP contribution in [0.1, 0.15) is 60.9 Å². The molecule has 1 amide bonds. The molecule has 2 fully saturated rings. The summed E-state index contributed by atoms with van der Waals surface area (Å²) >= 11 is 0. The highest BCUT2D eigenvalue weighted by molar-refractivity contribution is 5.91. The Labute approximate surface area is 138 Å². The van der Waals surface area contributed by atoms with Crippen LogP contribution in [0.25, 0.3) is 0 Å². The van der Waals surface area contributed by atoms with E-state index in [1.807, 2.05) is 17.9 Å². The Morgan fingerprint density at radius 2 is 2.00 bits per heavy atom. The van der Waals surface area contributed by atoms with E-state index in [0.717, 1.165) is 50.3 Å². The molecule has 3 heterocycles. The van der Waals surface area contributed by atoms with Gasteiger partial charge in [0.15, 0.2) is 5.76 Å². The van der Waals surface area contributed by atoms with E-state index in [9.17, 15) is 4.79 Å². The van der Waals surface area contributed by atoms with Gasteiger partial charge in [0.05, 0.1) is 0 Å². The summed E-state index contributed by atoms with van der Waals surface area (Å²) < 4.78 is 5.78. The number of nitrogens with zero attached hydrogens (tertiary/aromatic N) is 2. The number of carbonyl (C=O) groups is 1. The van der Waals surface area contributed by atoms with Gasteiger partial charge in [-0.3, -0.25) is 9.69 Å². The molecule has 23 heavy (non-hydrogen) atoms. The van der Waals surface area contributed by atoms with Crippen molar-refractivity contribution in [3.8, 4) is 0 Å². The minimum atomic E-state index is 0.0120. The number of nitrogens with two attached hydrogens (primary N) is 1. The Bertz CT molecular complexity index is 546. The van der Waals surface area contributed by atoms with E-state index in [2.05, 4.69) is 11.8 Å². The Morgan fingerprint density at radius 3 is 2.70 bits per heavy atom. The first kappa shape index (κ1) is 16.5. The van der Waals surface area contributed by atoms with Crippen molar-refractivity contribution >= 4 is 5.91 Å². The van der Waals surface area contributed by atoms with Crippen molar-refractivity contribution in [3.05, 3.63) is 23.2 Å². The molecule has 1 unspecified atom stereocenters. The van der Waals surface area contributed by atoms with Gasteiger partial charge < -0.3 is 15.1 Å². The number of carbonyl (C=O) groups excluding carboxylic acids is 1. The predicted octanol–water partition coefficient (Wildman–Crippen LogP) is 2.53. The van der Waals surface area contributed by atoms with Gasteiger partial charge in [-0.1, -0.05) is 6.42 Å². The monoisotopic (exact) mass is 319 g/mol. The maximum Gasteiger partial charge on any atom is 0.289 e. The lowest BCUT2D eigenvalue weighted by Gasteiger charge is -2.33. The van der Waals surface area contributed by atoms with Crippen LogP contribution in [0.3, 0.4) is 0 Å². The first-order valence-corrected chi connectivity index (χ1v) is 8.93. The average Bonchev–Trinajstić information content (AvgIpc) is 2.91. The second-order valence-corrected chi connectivity index (χ2v) is 7.14. The number of hydrogen-bond acceptors (Lipinski definition) is 4. The summed E-state index contributed by atoms with van der Waals surface area (Å²) in [5, 5.41) is 0. The minimum Gasteiger partial charge on any atom is -0.456 e. The summed E-state index contributed by atoms with van der Waals surface area (Å²) in [6.07, 6.45) is 5.60. The fraction of sp³-hybridized carbons (Fsp3) is 0.722. The van der Waals surface area contributed by atoms with E-state index in [-0.39, 0.29) is 11.9 Å². The lowest BCUT2D eigenvalue weighted by Crippen LogP contribution is -2.42. The van der Waals surface area contributed by atoms with E-state index in [4.69, 9.17) is 10.2 Å². The number of rotatable bonds is 3. The van der Waals surface area contributed by atoms with Crippen molar-refractivity contribution in [2.24, 2.45) is 5.73 Å². The SMILES string of the molecule is Cc1oc(C(=O)N2CCC(N)CC2)cc1CN1CCCCC1C. The van der Waals surface area contributed by atoms with Crippen LogP contribution in [-0.2, 0) is 6.54 Å². The lowest BCUT2D eigenvalue weighted by atomic mass is 10.0. The largest absolute Gasteiger partial charge is 0.456 e. The van der Waals surface area contributed by atoms with Crippen molar-refractivity contribution in [1.82, 2.24) is 9.80 Å². The van der Waals surface area contributed by atoms with E-state index in [1.54, 1.807) is 0 Å². The molecule has 5 nitrogen and oxygen atoms in total. The van der Waals surface area contributed by atoms with Gasteiger partial charge in [-0.2, -0.15) is 0 Å². The molecule has 5 heteroatoms. The van der Waals surface area contributed by atoms with Crippen molar-refractivity contribution < 1.29 is 9.21 Å². The Kier molecular flexibility index (Phi) is 5.07. The maximum atomic E-state index is 12.6. The molecule has 0 bridgehead atoms. The Morgan fingerprint density at radius 1 is 1.26 bits per heavy atom. The molecule has 0 aromatic carbocycles. The van der Waals surface area contributed by atoms with E-state index in [0.29, 0.717) is 11.8 Å². The van der Waals surface area contributed by atoms with Gasteiger partial charge in [0.1, 0.15) is 5.76 Å². The molecule has 128 valence electrons. The van der Waals surface area contributed by atoms with Gasteiger partial charge in [-0.05, 0) is 52.1 Å². The molecule has 1 aromatic rings. The van der Waals surface area contributed by atoms with E-state index in [1.165, 1.54) is 19.3 Å². The average molecular weight is 319 g/mol. The number of furan rings is 1. The van der Waals surface area contributed by atoms with Crippen molar-refractivity contribution in [3.63, 3.8) is 0 Å². The van der Waals surface area contributed by atoms with E-state index >= 15 is 0 Å². The van der Waals surface area contributed by atoms with Gasteiger partial charge in [-0.15, -0.1) is 0 Å². The molecular formula is C18H29N3O2. The maximum absolute atomic E-state index is 12.6. The van der Waals surface area contributed by atoms with Crippen LogP contribution in [-0.4, -0.2) is 47.4 Å². The number of likely N-dealkylation sites (tertiary alicyclic amines) is 2. The zero-order valence-corrected chi connectivity index (χ0v) is 14.4. The molecular weight excluding hydrogens is 290 g/mol. The smallest absolute Gasteiger partial charge is 0.289 e. The highest BCUT2D eigenvalue weighted by atomic mass is 16.4. The molecule has 2 aliphatic rings. The summed E-state index contributed by atoms with van der Waals surface area (Å²) in [5.41, 5.74) is 7.06. The molecule has 1 aromatic heterocycles. The molecule has 2 N–H and O–H groups in total. The van der Waals surface area contributed by atoms with Gasteiger partial charge in [0.2, 0.25) is 0 Å². The molecule has 0 radical (unpaired) electrons. The number of piperidine rings is 2. The Balaban J connectivity index is 1.66. The molecule has 0 spiro atoms. The first-order valence-electron chi connectivity index (χ1n) is 8.93. The van der Waals surface area contributed by atoms with Gasteiger partial charge in [0.25, 0.3) is 5.91 Å². The molecule has 2 saturated heterocycles. The minimum absolute atomic E-state index is 0.0120. The summed E-state index contributed by atoms with van der Waals surface area (Å²) in [7, 11) is 0. The first-order chi connectivity index (χ1) is 11.0. The summed E-state index contributed by atoms with van der Waals surface area (Å²) in [6, 6.07) is 2.79. The van der Waals surface area contributed by atoms with Crippen LogP contribution in [0.2, 0.25) is 0 Å². The molecule has 0 aliphatic carbocycles. The highest BCUT2D eigenvalue weighted by Crippen LogP contribution is 2.24. The summed E-state index contributed by atoms with van der Waals surface area (Å²) in [4.78, 5) is 17.0. The molecule has 3 rings (SSSR count). The van der Waals surface area contributed by atoms with Crippen LogP contribution in [0.5, 0.6) is 0 Å². The van der Waals surface area contributed by atoms with Crippen LogP contribution >= 0.6 is 0 Å². The van der Waals surface area contributed by atoms with Crippen LogP contribution in [0.15, 0.2) is 10.5 Å². The van der Waals surface area contributed by atoms with Crippen LogP contribution in [0.4, 0.5) is 0 Å². The van der Waals surface area contributed by atoms with Crippen molar-refractivity contribution in [1.29, 1.82) is 0 Å². The summed E-state index contributed by atoms with van der Waals surface area (Å²) in [5.74, 6) is 1.37. The third-order valence-corrected chi connectivity index (χ3v) is 5.37. The zero-order chi connectivity index (χ0) is 16.4. The third kappa shape index (κ3) is 3.78. The van der Waals surface area contributed by atoms with Gasteiger partial charge in [-0.25, -0.2) is 0 Å². The third-order valence-electron chi connectivity index (χ3n) is 5.37. The van der Waals surface area contributed by atoms with Crippen LogP contribution < -0.4 is 5.73 Å². The summed E-state index contributed by atoms with van der Waals surface area (Å²) in [6.45, 7) is 7.74. The van der Waals surface area contributed by atoms with Crippen molar-refractivity contribution in [2.45, 2.75) is 64.6 Å². The van der Waals surface area contributed by atoms with Gasteiger partial charge in [0, 0.05) is 37.3 Å². The number of hydrogen-bond donors (Lipinski definition) is 1. The van der Waals surface area contributed by atoms with E-state index < -0.39 is 0 Å². The number of amides is 1. The Hall–Kier alpha value is -1.33. The standard InChI is InChI=1S/C18H29N3O2/c1-13-5-3-4-8-21(13)12-15-11-17(23-14(15)2)18(22)20-9-6-16(19)7-10-20/h11,13,16H,3-10,12,19H2,1-2H3. The fourth-order valence-electron chi connectivity index (χ4n) is 3.65. The zero-order valence-electron chi connectivity index (χ0n) is 14.4. The lowest BCUT2D eigenvalue weighted by molar-refractivity contribution is 0.0681. The van der Waals surface area contributed by atoms with Crippen LogP contribution in [0, 0.1) is 6.92 Å². The second-order valence-electron chi connectivity index (χ2n) is 7.14. The number of aryl methyl sites for hydroxylation is 1.